The fourth-order valence-electron chi connectivity index (χ4n) is 1.16. The van der Waals surface area contributed by atoms with Gasteiger partial charge in [0.15, 0.2) is 0 Å². The van der Waals surface area contributed by atoms with Crippen molar-refractivity contribution in [2.24, 2.45) is 11.0 Å². The summed E-state index contributed by atoms with van der Waals surface area (Å²) in [4.78, 5) is 0. The van der Waals surface area contributed by atoms with E-state index in [9.17, 15) is 0 Å². The fraction of sp³-hybridized carbons (Fsp3) is 0.900. The first-order chi connectivity index (χ1) is 6.20. The van der Waals surface area contributed by atoms with Crippen molar-refractivity contribution in [2.75, 3.05) is 13.2 Å². The SMILES string of the molecule is C/C(=N\NC1CCCOC1)C(C)C. The summed E-state index contributed by atoms with van der Waals surface area (Å²) in [6.07, 6.45) is 2.32. The average Bonchev–Trinajstić information content (AvgIpc) is 2.15. The van der Waals surface area contributed by atoms with Crippen LogP contribution in [0.4, 0.5) is 0 Å². The van der Waals surface area contributed by atoms with Crippen LogP contribution >= 0.6 is 0 Å². The molecular weight excluding hydrogens is 164 g/mol. The molecule has 1 aliphatic heterocycles. The molecule has 0 aromatic rings. The lowest BCUT2D eigenvalue weighted by atomic mass is 10.1. The van der Waals surface area contributed by atoms with Crippen molar-refractivity contribution in [3.63, 3.8) is 0 Å². The van der Waals surface area contributed by atoms with Crippen molar-refractivity contribution in [3.05, 3.63) is 0 Å². The number of hydrogen-bond acceptors (Lipinski definition) is 3. The summed E-state index contributed by atoms with van der Waals surface area (Å²) in [5.41, 5.74) is 4.32. The Morgan fingerprint density at radius 3 is 2.85 bits per heavy atom. The van der Waals surface area contributed by atoms with Crippen LogP contribution in [0.2, 0.25) is 0 Å². The Morgan fingerprint density at radius 1 is 1.54 bits per heavy atom. The monoisotopic (exact) mass is 184 g/mol. The Morgan fingerprint density at radius 2 is 2.31 bits per heavy atom. The average molecular weight is 184 g/mol. The number of hydrogen-bond donors (Lipinski definition) is 1. The van der Waals surface area contributed by atoms with Crippen LogP contribution in [0.5, 0.6) is 0 Å². The molecule has 13 heavy (non-hydrogen) atoms. The van der Waals surface area contributed by atoms with E-state index < -0.39 is 0 Å². The third kappa shape index (κ3) is 3.77. The summed E-state index contributed by atoms with van der Waals surface area (Å²) in [6, 6.07) is 0.419. The van der Waals surface area contributed by atoms with Crippen molar-refractivity contribution in [2.45, 2.75) is 39.7 Å². The molecule has 0 saturated carbocycles. The van der Waals surface area contributed by atoms with Crippen LogP contribution in [-0.2, 0) is 4.74 Å². The zero-order chi connectivity index (χ0) is 9.68. The lowest BCUT2D eigenvalue weighted by Gasteiger charge is -2.22. The highest BCUT2D eigenvalue weighted by Crippen LogP contribution is 2.05. The second-order valence-electron chi connectivity index (χ2n) is 3.95. The molecule has 3 nitrogen and oxygen atoms in total. The molecule has 0 radical (unpaired) electrons. The highest BCUT2D eigenvalue weighted by Gasteiger charge is 2.12. The number of nitrogens with one attached hydrogen (secondary N) is 1. The molecule has 3 heteroatoms. The minimum Gasteiger partial charge on any atom is -0.379 e. The van der Waals surface area contributed by atoms with Crippen molar-refractivity contribution >= 4 is 5.71 Å². The van der Waals surface area contributed by atoms with Gasteiger partial charge in [0.1, 0.15) is 0 Å². The molecule has 0 amide bonds. The van der Waals surface area contributed by atoms with Gasteiger partial charge in [0.25, 0.3) is 0 Å². The molecule has 0 aliphatic carbocycles. The van der Waals surface area contributed by atoms with Crippen LogP contribution in [0.1, 0.15) is 33.6 Å². The van der Waals surface area contributed by atoms with Crippen molar-refractivity contribution in [3.8, 4) is 0 Å². The molecule has 0 spiro atoms. The molecule has 1 saturated heterocycles. The Hall–Kier alpha value is -0.570. The smallest absolute Gasteiger partial charge is 0.0684 e. The lowest BCUT2D eigenvalue weighted by Crippen LogP contribution is -2.34. The summed E-state index contributed by atoms with van der Waals surface area (Å²) in [7, 11) is 0. The van der Waals surface area contributed by atoms with E-state index in [1.54, 1.807) is 0 Å². The number of hydrazone groups is 1. The van der Waals surface area contributed by atoms with E-state index in [-0.39, 0.29) is 0 Å². The molecule has 1 fully saturated rings. The van der Waals surface area contributed by atoms with Gasteiger partial charge < -0.3 is 10.2 Å². The molecular formula is C10H20N2O. The van der Waals surface area contributed by atoms with Crippen LogP contribution in [0, 0.1) is 5.92 Å². The second-order valence-corrected chi connectivity index (χ2v) is 3.95. The van der Waals surface area contributed by atoms with Crippen LogP contribution < -0.4 is 5.43 Å². The maximum absolute atomic E-state index is 5.34. The summed E-state index contributed by atoms with van der Waals surface area (Å²) >= 11 is 0. The Labute approximate surface area is 80.5 Å². The maximum atomic E-state index is 5.34. The molecule has 1 atom stereocenters. The molecule has 1 rings (SSSR count). The van der Waals surface area contributed by atoms with Crippen molar-refractivity contribution in [1.29, 1.82) is 0 Å². The Balaban J connectivity index is 2.27. The zero-order valence-corrected chi connectivity index (χ0v) is 8.84. The van der Waals surface area contributed by atoms with Gasteiger partial charge in [-0.05, 0) is 25.7 Å². The molecule has 76 valence electrons. The minimum atomic E-state index is 0.419. The van der Waals surface area contributed by atoms with Gasteiger partial charge >= 0.3 is 0 Å². The van der Waals surface area contributed by atoms with Gasteiger partial charge in [-0.15, -0.1) is 0 Å². The maximum Gasteiger partial charge on any atom is 0.0684 e. The zero-order valence-electron chi connectivity index (χ0n) is 8.84. The van der Waals surface area contributed by atoms with Gasteiger partial charge in [0, 0.05) is 12.3 Å². The highest BCUT2D eigenvalue weighted by atomic mass is 16.5. The van der Waals surface area contributed by atoms with Crippen LogP contribution in [0.15, 0.2) is 5.10 Å². The lowest BCUT2D eigenvalue weighted by molar-refractivity contribution is 0.0709. The van der Waals surface area contributed by atoms with Crippen molar-refractivity contribution in [1.82, 2.24) is 5.43 Å². The molecule has 1 unspecified atom stereocenters. The Bertz CT molecular complexity index is 172. The standard InChI is InChI=1S/C10H20N2O/c1-8(2)9(3)11-12-10-5-4-6-13-7-10/h8,10,12H,4-7H2,1-3H3/b11-9+. The van der Waals surface area contributed by atoms with Gasteiger partial charge in [-0.25, -0.2) is 0 Å². The fourth-order valence-corrected chi connectivity index (χ4v) is 1.16. The summed E-state index contributed by atoms with van der Waals surface area (Å²) in [5, 5.41) is 4.33. The predicted molar refractivity (Wildman–Crippen MR) is 54.9 cm³/mol. The Kier molecular flexibility index (Phi) is 4.22. The van der Waals surface area contributed by atoms with Crippen LogP contribution in [0.3, 0.4) is 0 Å². The third-order valence-corrected chi connectivity index (χ3v) is 2.42. The summed E-state index contributed by atoms with van der Waals surface area (Å²) in [6.45, 7) is 8.07. The first kappa shape index (κ1) is 10.5. The van der Waals surface area contributed by atoms with Gasteiger partial charge in [0.2, 0.25) is 0 Å². The summed E-state index contributed by atoms with van der Waals surface area (Å²) in [5.74, 6) is 0.525. The first-order valence-electron chi connectivity index (χ1n) is 5.07. The van der Waals surface area contributed by atoms with Crippen LogP contribution in [-0.4, -0.2) is 25.0 Å². The van der Waals surface area contributed by atoms with Crippen molar-refractivity contribution < 1.29 is 4.74 Å². The number of ether oxygens (including phenoxy) is 1. The van der Waals surface area contributed by atoms with E-state index in [1.807, 2.05) is 0 Å². The van der Waals surface area contributed by atoms with E-state index in [0.717, 1.165) is 25.3 Å². The third-order valence-electron chi connectivity index (χ3n) is 2.42. The quantitative estimate of drug-likeness (QED) is 0.536. The number of nitrogens with zero attached hydrogens (tertiary/aromatic N) is 1. The highest BCUT2D eigenvalue weighted by molar-refractivity contribution is 5.83. The van der Waals surface area contributed by atoms with Gasteiger partial charge in [-0.1, -0.05) is 13.8 Å². The van der Waals surface area contributed by atoms with Crippen LogP contribution in [0.25, 0.3) is 0 Å². The molecule has 1 heterocycles. The second kappa shape index (κ2) is 5.22. The van der Waals surface area contributed by atoms with Gasteiger partial charge in [-0.2, -0.15) is 5.10 Å². The van der Waals surface area contributed by atoms with E-state index in [1.165, 1.54) is 6.42 Å². The molecule has 1 N–H and O–H groups in total. The van der Waals surface area contributed by atoms with E-state index in [4.69, 9.17) is 4.74 Å². The molecule has 0 aromatic carbocycles. The van der Waals surface area contributed by atoms with Gasteiger partial charge in [-0.3, -0.25) is 0 Å². The van der Waals surface area contributed by atoms with E-state index in [0.29, 0.717) is 12.0 Å². The topological polar surface area (TPSA) is 33.6 Å². The normalized spacial score (nSPS) is 24.9. The largest absolute Gasteiger partial charge is 0.379 e. The van der Waals surface area contributed by atoms with E-state index >= 15 is 0 Å². The number of rotatable bonds is 3. The van der Waals surface area contributed by atoms with E-state index in [2.05, 4.69) is 31.3 Å². The molecule has 1 aliphatic rings. The minimum absolute atomic E-state index is 0.419. The molecule has 0 aromatic heterocycles. The summed E-state index contributed by atoms with van der Waals surface area (Å²) < 4.78 is 5.34. The first-order valence-corrected chi connectivity index (χ1v) is 5.07. The molecule has 0 bridgehead atoms. The van der Waals surface area contributed by atoms with Gasteiger partial charge in [0.05, 0.1) is 12.6 Å². The predicted octanol–water partition coefficient (Wildman–Crippen LogP) is 1.79.